The van der Waals surface area contributed by atoms with Crippen LogP contribution in [0, 0.1) is 28.6 Å². The number of hydrogen-bond acceptors (Lipinski definition) is 4. The van der Waals surface area contributed by atoms with Crippen LogP contribution in [0.5, 0.6) is 0 Å². The summed E-state index contributed by atoms with van der Waals surface area (Å²) in [5, 5.41) is 0. The Hall–Kier alpha value is -1.71. The van der Waals surface area contributed by atoms with Crippen LogP contribution in [0.4, 0.5) is 0 Å². The Kier molecular flexibility index (Phi) is 3.61. The highest BCUT2D eigenvalue weighted by Gasteiger charge is 2.58. The largest absolute Gasteiger partial charge is 0.423 e. The number of ketones is 2. The maximum absolute atomic E-state index is 12.4. The van der Waals surface area contributed by atoms with Crippen molar-refractivity contribution in [1.82, 2.24) is 0 Å². The fourth-order valence-electron chi connectivity index (χ4n) is 6.12. The molecule has 4 rings (SSSR count). The number of hydrogen-bond donors (Lipinski definition) is 0. The number of fused-ring (bicyclic) bond motifs is 5. The van der Waals surface area contributed by atoms with Crippen LogP contribution < -0.4 is 0 Å². The van der Waals surface area contributed by atoms with Crippen molar-refractivity contribution >= 4 is 17.5 Å². The zero-order valence-corrected chi connectivity index (χ0v) is 15.3. The molecule has 0 spiro atoms. The highest BCUT2D eigenvalue weighted by molar-refractivity contribution is 5.98. The van der Waals surface area contributed by atoms with Crippen molar-refractivity contribution in [2.24, 2.45) is 28.6 Å². The first-order valence-corrected chi connectivity index (χ1v) is 9.45. The molecule has 4 aliphatic carbocycles. The monoisotopic (exact) mass is 342 g/mol. The van der Waals surface area contributed by atoms with Gasteiger partial charge in [0.25, 0.3) is 0 Å². The third kappa shape index (κ3) is 2.22. The van der Waals surface area contributed by atoms with Gasteiger partial charge in [0.2, 0.25) is 0 Å². The number of carbonyl (C=O) groups is 3. The first-order valence-electron chi connectivity index (χ1n) is 9.45. The number of esters is 1. The van der Waals surface area contributed by atoms with Crippen LogP contribution in [-0.4, -0.2) is 17.5 Å². The fraction of sp³-hybridized carbons (Fsp3) is 0.667. The minimum Gasteiger partial charge on any atom is -0.423 e. The molecule has 0 saturated heterocycles. The summed E-state index contributed by atoms with van der Waals surface area (Å²) >= 11 is 0. The third-order valence-electron chi connectivity index (χ3n) is 7.58. The molecular weight excluding hydrogens is 316 g/mol. The Labute approximate surface area is 148 Å². The van der Waals surface area contributed by atoms with Crippen LogP contribution in [0.1, 0.15) is 59.3 Å². The summed E-state index contributed by atoms with van der Waals surface area (Å²) < 4.78 is 5.33. The molecule has 134 valence electrons. The highest BCUT2D eigenvalue weighted by atomic mass is 16.5. The van der Waals surface area contributed by atoms with Gasteiger partial charge in [-0.1, -0.05) is 26.0 Å². The standard InChI is InChI=1S/C21H26O4/c1-12(22)25-19-16-5-4-13-14-6-7-18(24)21(14,3)10-8-15(13)20(16,2)11-9-17(19)23/h4-5,13-15H,6-11H2,1-3H3. The number of Topliss-reactive ketones (excluding diaryl/α,β-unsaturated/α-hetero) is 2. The second kappa shape index (κ2) is 5.39. The van der Waals surface area contributed by atoms with Crippen LogP contribution in [0.2, 0.25) is 0 Å². The fourth-order valence-corrected chi connectivity index (χ4v) is 6.12. The lowest BCUT2D eigenvalue weighted by Crippen LogP contribution is -2.49. The van der Waals surface area contributed by atoms with Crippen molar-refractivity contribution in [3.63, 3.8) is 0 Å². The van der Waals surface area contributed by atoms with Gasteiger partial charge in [0.1, 0.15) is 5.78 Å². The van der Waals surface area contributed by atoms with E-state index in [0.717, 1.165) is 31.3 Å². The first kappa shape index (κ1) is 16.7. The third-order valence-corrected chi connectivity index (χ3v) is 7.58. The van der Waals surface area contributed by atoms with E-state index >= 15 is 0 Å². The van der Waals surface area contributed by atoms with Gasteiger partial charge in [-0.05, 0) is 43.4 Å². The summed E-state index contributed by atoms with van der Waals surface area (Å²) in [7, 11) is 0. The quantitative estimate of drug-likeness (QED) is 0.681. The summed E-state index contributed by atoms with van der Waals surface area (Å²) in [4.78, 5) is 36.3. The van der Waals surface area contributed by atoms with E-state index < -0.39 is 5.97 Å². The van der Waals surface area contributed by atoms with Gasteiger partial charge in [0, 0.05) is 36.2 Å². The van der Waals surface area contributed by atoms with E-state index in [9.17, 15) is 14.4 Å². The molecule has 0 N–H and O–H groups in total. The maximum atomic E-state index is 12.4. The van der Waals surface area contributed by atoms with Crippen molar-refractivity contribution in [3.05, 3.63) is 23.5 Å². The molecule has 0 bridgehead atoms. The van der Waals surface area contributed by atoms with Crippen molar-refractivity contribution in [3.8, 4) is 0 Å². The average Bonchev–Trinajstić information content (AvgIpc) is 2.86. The van der Waals surface area contributed by atoms with Crippen molar-refractivity contribution in [1.29, 1.82) is 0 Å². The Bertz CT molecular complexity index is 730. The van der Waals surface area contributed by atoms with Gasteiger partial charge < -0.3 is 4.74 Å². The highest BCUT2D eigenvalue weighted by Crippen LogP contribution is 2.63. The molecule has 0 radical (unpaired) electrons. The Morgan fingerprint density at radius 2 is 1.80 bits per heavy atom. The molecule has 0 aromatic heterocycles. The van der Waals surface area contributed by atoms with Crippen LogP contribution in [0.15, 0.2) is 23.5 Å². The molecule has 0 aromatic carbocycles. The SMILES string of the molecule is CC(=O)OC1=C2C=CC3C4CCC(=O)C4(C)CCC3C2(C)CCC1=O. The van der Waals surface area contributed by atoms with Crippen LogP contribution >= 0.6 is 0 Å². The predicted molar refractivity (Wildman–Crippen MR) is 92.3 cm³/mol. The van der Waals surface area contributed by atoms with E-state index in [1.54, 1.807) is 0 Å². The van der Waals surface area contributed by atoms with Gasteiger partial charge in [-0.15, -0.1) is 0 Å². The summed E-state index contributed by atoms with van der Waals surface area (Å²) in [5.41, 5.74) is 0.574. The number of carbonyl (C=O) groups excluding carboxylic acids is 3. The molecule has 2 fully saturated rings. The van der Waals surface area contributed by atoms with Crippen molar-refractivity contribution < 1.29 is 19.1 Å². The molecule has 0 amide bonds. The van der Waals surface area contributed by atoms with Gasteiger partial charge in [-0.2, -0.15) is 0 Å². The average molecular weight is 342 g/mol. The van der Waals surface area contributed by atoms with Gasteiger partial charge in [-0.25, -0.2) is 0 Å². The van der Waals surface area contributed by atoms with Crippen LogP contribution in [0.25, 0.3) is 0 Å². The molecule has 4 aliphatic rings. The molecule has 5 atom stereocenters. The molecule has 25 heavy (non-hydrogen) atoms. The minimum absolute atomic E-state index is 0.0672. The second-order valence-electron chi connectivity index (χ2n) is 8.74. The Balaban J connectivity index is 1.79. The van der Waals surface area contributed by atoms with E-state index in [4.69, 9.17) is 4.74 Å². The molecule has 4 nitrogen and oxygen atoms in total. The van der Waals surface area contributed by atoms with Crippen LogP contribution in [-0.2, 0) is 19.1 Å². The summed E-state index contributed by atoms with van der Waals surface area (Å²) in [6.07, 6.45) is 9.06. The number of ether oxygens (including phenoxy) is 1. The first-order chi connectivity index (χ1) is 11.8. The lowest BCUT2D eigenvalue weighted by atomic mass is 9.49. The van der Waals surface area contributed by atoms with Gasteiger partial charge in [0.05, 0.1) is 0 Å². The molecule has 0 aromatic rings. The van der Waals surface area contributed by atoms with Gasteiger partial charge in [-0.3, -0.25) is 14.4 Å². The molecule has 2 saturated carbocycles. The molecule has 0 aliphatic heterocycles. The summed E-state index contributed by atoms with van der Waals surface area (Å²) in [6.45, 7) is 5.72. The van der Waals surface area contributed by atoms with E-state index in [1.807, 2.05) is 6.08 Å². The summed E-state index contributed by atoms with van der Waals surface area (Å²) in [5.74, 6) is 1.38. The summed E-state index contributed by atoms with van der Waals surface area (Å²) in [6, 6.07) is 0. The zero-order chi connectivity index (χ0) is 18.0. The normalized spacial score (nSPS) is 42.8. The Morgan fingerprint density at radius 3 is 2.52 bits per heavy atom. The van der Waals surface area contributed by atoms with E-state index in [0.29, 0.717) is 36.4 Å². The second-order valence-corrected chi connectivity index (χ2v) is 8.74. The maximum Gasteiger partial charge on any atom is 0.308 e. The van der Waals surface area contributed by atoms with E-state index in [-0.39, 0.29) is 22.4 Å². The van der Waals surface area contributed by atoms with E-state index in [1.165, 1.54) is 6.92 Å². The molecular formula is C21H26O4. The predicted octanol–water partition coefficient (Wildman–Crippen LogP) is 3.75. The Morgan fingerprint density at radius 1 is 1.08 bits per heavy atom. The van der Waals surface area contributed by atoms with Gasteiger partial charge >= 0.3 is 5.97 Å². The number of rotatable bonds is 1. The van der Waals surface area contributed by atoms with Crippen LogP contribution in [0.3, 0.4) is 0 Å². The lowest BCUT2D eigenvalue weighted by molar-refractivity contribution is -0.141. The molecule has 0 heterocycles. The molecule has 5 unspecified atom stereocenters. The molecule has 4 heteroatoms. The minimum atomic E-state index is -0.437. The number of allylic oxidation sites excluding steroid dienone is 4. The topological polar surface area (TPSA) is 60.4 Å². The lowest BCUT2D eigenvalue weighted by Gasteiger charge is -2.54. The van der Waals surface area contributed by atoms with Crippen molar-refractivity contribution in [2.45, 2.75) is 59.3 Å². The van der Waals surface area contributed by atoms with Crippen molar-refractivity contribution in [2.75, 3.05) is 0 Å². The van der Waals surface area contributed by atoms with E-state index in [2.05, 4.69) is 19.9 Å². The zero-order valence-electron chi connectivity index (χ0n) is 15.3. The van der Waals surface area contributed by atoms with Gasteiger partial charge in [0.15, 0.2) is 11.5 Å². The smallest absolute Gasteiger partial charge is 0.308 e.